The van der Waals surface area contributed by atoms with Crippen molar-refractivity contribution < 1.29 is 43.9 Å². The van der Waals surface area contributed by atoms with Gasteiger partial charge in [-0.1, -0.05) is 12.5 Å². The van der Waals surface area contributed by atoms with Crippen LogP contribution in [0.15, 0.2) is 18.2 Å². The molecule has 0 fully saturated rings. The second-order valence-corrected chi connectivity index (χ2v) is 5.00. The summed E-state index contributed by atoms with van der Waals surface area (Å²) in [7, 11) is -3.84. The maximum atomic E-state index is 12.5. The minimum absolute atomic E-state index is 0.103. The summed E-state index contributed by atoms with van der Waals surface area (Å²) in [5.41, 5.74) is -2.75. The van der Waals surface area contributed by atoms with Gasteiger partial charge in [-0.25, -0.2) is 0 Å². The van der Waals surface area contributed by atoms with Crippen LogP contribution in [0.3, 0.4) is 0 Å². The Morgan fingerprint density at radius 2 is 1.26 bits per heavy atom. The van der Waals surface area contributed by atoms with Gasteiger partial charge in [0.25, 0.3) is 0 Å². The summed E-state index contributed by atoms with van der Waals surface area (Å²) >= 11 is 0. The van der Waals surface area contributed by atoms with Crippen LogP contribution in [0.2, 0.25) is 0 Å². The maximum absolute atomic E-state index is 12.5. The quantitative estimate of drug-likeness (QED) is 0.455. The number of nitrogens with zero attached hydrogens (tertiary/aromatic N) is 1. The predicted molar refractivity (Wildman–Crippen MR) is 64.6 cm³/mol. The van der Waals surface area contributed by atoms with Gasteiger partial charge in [-0.3, -0.25) is 8.42 Å². The van der Waals surface area contributed by atoms with Crippen molar-refractivity contribution in [1.29, 1.82) is 0 Å². The van der Waals surface area contributed by atoms with E-state index in [1.54, 1.807) is 0 Å². The van der Waals surface area contributed by atoms with Crippen LogP contribution in [-0.2, 0) is 22.8 Å². The molecule has 1 atom stereocenters. The minimum Gasteiger partial charge on any atom is -0.759 e. The van der Waals surface area contributed by atoms with Gasteiger partial charge in [0.2, 0.25) is 0 Å². The van der Waals surface area contributed by atoms with Gasteiger partial charge in [0.1, 0.15) is 0 Å². The lowest BCUT2D eigenvalue weighted by molar-refractivity contribution is -0.143. The molecular weight excluding hydrogens is 356 g/mol. The van der Waals surface area contributed by atoms with Crippen molar-refractivity contribution in [2.45, 2.75) is 25.3 Å². The van der Waals surface area contributed by atoms with E-state index in [9.17, 15) is 26.3 Å². The third-order valence-corrected chi connectivity index (χ3v) is 2.48. The van der Waals surface area contributed by atoms with Crippen LogP contribution in [0.5, 0.6) is 0 Å². The van der Waals surface area contributed by atoms with Crippen molar-refractivity contribution in [3.8, 4) is 0 Å². The number of alkyl halides is 6. The van der Waals surface area contributed by atoms with E-state index < -0.39 is 39.9 Å². The Hall–Kier alpha value is -1.37. The van der Waals surface area contributed by atoms with Crippen LogP contribution < -0.4 is 0 Å². The molecule has 0 amide bonds. The molecule has 0 saturated carbocycles. The van der Waals surface area contributed by atoms with E-state index in [1.165, 1.54) is 14.0 Å². The Bertz CT molecular complexity index is 586. The van der Waals surface area contributed by atoms with E-state index in [4.69, 9.17) is 17.5 Å². The van der Waals surface area contributed by atoms with Crippen molar-refractivity contribution in [2.24, 2.45) is 0 Å². The number of benzene rings is 1. The van der Waals surface area contributed by atoms with E-state index in [2.05, 4.69) is 5.32 Å². The zero-order valence-electron chi connectivity index (χ0n) is 11.6. The lowest BCUT2D eigenvalue weighted by Gasteiger charge is -2.25. The monoisotopic (exact) mass is 366 g/mol. The lowest BCUT2D eigenvalue weighted by Crippen LogP contribution is -2.12. The fourth-order valence-electron chi connectivity index (χ4n) is 1.37. The van der Waals surface area contributed by atoms with E-state index in [0.29, 0.717) is 12.1 Å². The van der Waals surface area contributed by atoms with E-state index in [1.807, 2.05) is 0 Å². The van der Waals surface area contributed by atoms with Gasteiger partial charge in [-0.05, 0) is 18.2 Å². The highest BCUT2D eigenvalue weighted by molar-refractivity contribution is 7.79. The molecular formula is C11H10F6NO4S-3. The maximum Gasteiger partial charge on any atom is 0.416 e. The molecule has 134 valence electrons. The van der Waals surface area contributed by atoms with Gasteiger partial charge in [0.15, 0.2) is 0 Å². The fraction of sp³-hybridized carbons (Fsp3) is 0.455. The lowest BCUT2D eigenvalue weighted by atomic mass is 10.0. The van der Waals surface area contributed by atoms with Crippen LogP contribution >= 0.6 is 0 Å². The standard InChI is InChI=1S/C11H10F6N.H2O4S/c1-6(18-2)7-3-8(10(12,13)14)5-9(4-7)11(15,16)17;1-5(2,3)4/h3-6H,1-2H3;(H2,1,2,3,4)/q-1;/p-2/t6-;/m1./s1. The van der Waals surface area contributed by atoms with Crippen molar-refractivity contribution in [3.05, 3.63) is 40.2 Å². The van der Waals surface area contributed by atoms with Gasteiger partial charge in [0, 0.05) is 10.4 Å². The number of rotatable bonds is 2. The second-order valence-electron chi connectivity index (χ2n) is 4.18. The summed E-state index contributed by atoms with van der Waals surface area (Å²) in [6.45, 7) is 1.43. The molecule has 0 aliphatic rings. The molecule has 0 heterocycles. The van der Waals surface area contributed by atoms with Crippen LogP contribution in [-0.4, -0.2) is 24.6 Å². The van der Waals surface area contributed by atoms with Gasteiger partial charge in [-0.15, -0.1) is 6.04 Å². The third-order valence-electron chi connectivity index (χ3n) is 2.48. The van der Waals surface area contributed by atoms with Crippen LogP contribution in [0.4, 0.5) is 26.3 Å². The Labute approximate surface area is 127 Å². The molecule has 0 aliphatic carbocycles. The topological polar surface area (TPSA) is 94.4 Å². The summed E-state index contributed by atoms with van der Waals surface area (Å²) in [6, 6.07) is 0.750. The summed E-state index contributed by atoms with van der Waals surface area (Å²) in [5.74, 6) is 0. The molecule has 1 rings (SSSR count). The zero-order chi connectivity index (χ0) is 18.6. The smallest absolute Gasteiger partial charge is 0.416 e. The van der Waals surface area contributed by atoms with Crippen molar-refractivity contribution >= 4 is 10.4 Å². The van der Waals surface area contributed by atoms with Crippen molar-refractivity contribution in [1.82, 2.24) is 0 Å². The summed E-state index contributed by atoms with van der Waals surface area (Å²) < 4.78 is 109. The Morgan fingerprint density at radius 1 is 0.957 bits per heavy atom. The molecule has 5 nitrogen and oxygen atoms in total. The van der Waals surface area contributed by atoms with Crippen LogP contribution in [0, 0.1) is 0 Å². The molecule has 0 spiro atoms. The molecule has 0 unspecified atom stereocenters. The van der Waals surface area contributed by atoms with Gasteiger partial charge in [-0.2, -0.15) is 33.4 Å². The molecule has 1 aromatic rings. The predicted octanol–water partition coefficient (Wildman–Crippen LogP) is 3.45. The largest absolute Gasteiger partial charge is 0.759 e. The highest BCUT2D eigenvalue weighted by atomic mass is 32.3. The summed E-state index contributed by atoms with van der Waals surface area (Å²) in [5, 5.41) is 3.67. The minimum atomic E-state index is -5.17. The molecule has 0 bridgehead atoms. The molecule has 0 saturated heterocycles. The summed E-state index contributed by atoms with van der Waals surface area (Å²) in [4.78, 5) is 0. The van der Waals surface area contributed by atoms with Crippen molar-refractivity contribution in [2.75, 3.05) is 7.05 Å². The molecule has 0 aromatic heterocycles. The van der Waals surface area contributed by atoms with Gasteiger partial charge >= 0.3 is 12.4 Å². The van der Waals surface area contributed by atoms with Crippen LogP contribution in [0.25, 0.3) is 5.32 Å². The first-order valence-corrected chi connectivity index (χ1v) is 6.94. The molecule has 23 heavy (non-hydrogen) atoms. The number of halogens is 6. The molecule has 1 aromatic carbocycles. The first kappa shape index (κ1) is 21.6. The van der Waals surface area contributed by atoms with E-state index >= 15 is 0 Å². The average Bonchev–Trinajstić information content (AvgIpc) is 2.33. The SMILES string of the molecule is C[N-][C@H](C)c1cc(C(F)(F)F)cc(C(F)(F)F)c1.O=S(=O)([O-])[O-]. The number of hydrogen-bond acceptors (Lipinski definition) is 4. The average molecular weight is 366 g/mol. The van der Waals surface area contributed by atoms with Gasteiger partial charge in [0.05, 0.1) is 11.1 Å². The molecule has 0 aliphatic heterocycles. The van der Waals surface area contributed by atoms with Gasteiger partial charge < -0.3 is 14.4 Å². The molecule has 0 N–H and O–H groups in total. The molecule has 0 radical (unpaired) electrons. The van der Waals surface area contributed by atoms with Crippen molar-refractivity contribution in [3.63, 3.8) is 0 Å². The fourth-order valence-corrected chi connectivity index (χ4v) is 1.37. The molecule has 12 heteroatoms. The Morgan fingerprint density at radius 3 is 1.48 bits per heavy atom. The first-order chi connectivity index (χ1) is 10.1. The summed E-state index contributed by atoms with van der Waals surface area (Å²) in [6.07, 6.45) is -9.63. The Balaban J connectivity index is 0.000000841. The van der Waals surface area contributed by atoms with Crippen LogP contribution in [0.1, 0.15) is 29.7 Å². The zero-order valence-corrected chi connectivity index (χ0v) is 12.4. The first-order valence-electron chi connectivity index (χ1n) is 5.60. The highest BCUT2D eigenvalue weighted by Crippen LogP contribution is 2.38. The van der Waals surface area contributed by atoms with E-state index in [0.717, 1.165) is 0 Å². The highest BCUT2D eigenvalue weighted by Gasteiger charge is 2.36. The second kappa shape index (κ2) is 7.47. The number of hydrogen-bond donors (Lipinski definition) is 0. The normalized spacial score (nSPS) is 14.0. The Kier molecular flexibility index (Phi) is 7.02. The third kappa shape index (κ3) is 8.74. The van der Waals surface area contributed by atoms with E-state index in [-0.39, 0.29) is 11.6 Å².